The molecule has 8 heteroatoms. The van der Waals surface area contributed by atoms with Crippen LogP contribution in [0, 0.1) is 0 Å². The number of amides is 2. The van der Waals surface area contributed by atoms with Gasteiger partial charge in [0.25, 0.3) is 0 Å². The summed E-state index contributed by atoms with van der Waals surface area (Å²) in [5, 5.41) is 0. The standard InChI is InChI=1S/C25H26N2O6/c28-22-10-3-12-26(22)20-8-1-6-18(16-20)24(30)32-14-5-15-33-25(31)19-7-2-9-21(17-19)27-13-4-11-23(27)29/h1-2,6-9,16-17H,3-5,10-15H2. The third kappa shape index (κ3) is 5.39. The van der Waals surface area contributed by atoms with Crippen LogP contribution in [0.1, 0.15) is 52.8 Å². The monoisotopic (exact) mass is 450 g/mol. The van der Waals surface area contributed by atoms with Crippen LogP contribution in [-0.4, -0.2) is 50.1 Å². The van der Waals surface area contributed by atoms with Gasteiger partial charge in [0.1, 0.15) is 0 Å². The third-order valence-corrected chi connectivity index (χ3v) is 5.69. The van der Waals surface area contributed by atoms with Gasteiger partial charge in [-0.1, -0.05) is 12.1 Å². The molecule has 0 bridgehead atoms. The molecule has 2 aliphatic rings. The van der Waals surface area contributed by atoms with Crippen LogP contribution >= 0.6 is 0 Å². The molecule has 33 heavy (non-hydrogen) atoms. The van der Waals surface area contributed by atoms with E-state index in [4.69, 9.17) is 9.47 Å². The summed E-state index contributed by atoms with van der Waals surface area (Å²) in [5.41, 5.74) is 2.13. The first kappa shape index (κ1) is 22.5. The molecule has 0 N–H and O–H groups in total. The average Bonchev–Trinajstić information content (AvgIpc) is 3.46. The van der Waals surface area contributed by atoms with Crippen LogP contribution < -0.4 is 9.80 Å². The van der Waals surface area contributed by atoms with Crippen molar-refractivity contribution in [3.05, 3.63) is 59.7 Å². The summed E-state index contributed by atoms with van der Waals surface area (Å²) in [6, 6.07) is 13.6. The highest BCUT2D eigenvalue weighted by Crippen LogP contribution is 2.23. The Hall–Kier alpha value is -3.68. The Labute approximate surface area is 192 Å². The Bertz CT molecular complexity index is 983. The molecule has 2 saturated heterocycles. The molecule has 172 valence electrons. The van der Waals surface area contributed by atoms with Crippen molar-refractivity contribution in [2.24, 2.45) is 0 Å². The highest BCUT2D eigenvalue weighted by Gasteiger charge is 2.23. The lowest BCUT2D eigenvalue weighted by Gasteiger charge is -2.16. The number of esters is 2. The number of nitrogens with zero attached hydrogens (tertiary/aromatic N) is 2. The van der Waals surface area contributed by atoms with Gasteiger partial charge < -0.3 is 19.3 Å². The van der Waals surface area contributed by atoms with E-state index >= 15 is 0 Å². The number of anilines is 2. The fraction of sp³-hybridized carbons (Fsp3) is 0.360. The lowest BCUT2D eigenvalue weighted by Crippen LogP contribution is -2.24. The maximum Gasteiger partial charge on any atom is 0.338 e. The summed E-state index contributed by atoms with van der Waals surface area (Å²) in [7, 11) is 0. The van der Waals surface area contributed by atoms with Gasteiger partial charge in [0.2, 0.25) is 11.8 Å². The van der Waals surface area contributed by atoms with Crippen LogP contribution in [0.15, 0.2) is 48.5 Å². The number of carbonyl (C=O) groups is 4. The van der Waals surface area contributed by atoms with Gasteiger partial charge >= 0.3 is 11.9 Å². The van der Waals surface area contributed by atoms with Crippen LogP contribution in [0.5, 0.6) is 0 Å². The van der Waals surface area contributed by atoms with Crippen molar-refractivity contribution in [3.8, 4) is 0 Å². The Kier molecular flexibility index (Phi) is 7.02. The topological polar surface area (TPSA) is 93.2 Å². The van der Waals surface area contributed by atoms with E-state index < -0.39 is 11.9 Å². The number of rotatable bonds is 8. The van der Waals surface area contributed by atoms with E-state index in [1.165, 1.54) is 0 Å². The Balaban J connectivity index is 1.22. The molecule has 2 aromatic carbocycles. The van der Waals surface area contributed by atoms with Gasteiger partial charge in [-0.2, -0.15) is 0 Å². The Morgan fingerprint density at radius 1 is 0.727 bits per heavy atom. The third-order valence-electron chi connectivity index (χ3n) is 5.69. The fourth-order valence-electron chi connectivity index (χ4n) is 4.00. The number of carbonyl (C=O) groups excluding carboxylic acids is 4. The molecular formula is C25H26N2O6. The van der Waals surface area contributed by atoms with Gasteiger partial charge in [-0.3, -0.25) is 9.59 Å². The molecule has 2 amide bonds. The summed E-state index contributed by atoms with van der Waals surface area (Å²) in [4.78, 5) is 51.8. The molecule has 2 fully saturated rings. The first-order chi connectivity index (χ1) is 16.0. The van der Waals surface area contributed by atoms with Crippen LogP contribution in [0.25, 0.3) is 0 Å². The smallest absolute Gasteiger partial charge is 0.338 e. The molecule has 0 atom stereocenters. The van der Waals surface area contributed by atoms with Gasteiger partial charge in [0, 0.05) is 43.7 Å². The average molecular weight is 450 g/mol. The van der Waals surface area contributed by atoms with Crippen molar-refractivity contribution < 1.29 is 28.7 Å². The van der Waals surface area contributed by atoms with E-state index in [0.29, 0.717) is 54.9 Å². The van der Waals surface area contributed by atoms with E-state index in [-0.39, 0.29) is 25.0 Å². The zero-order valence-electron chi connectivity index (χ0n) is 18.3. The quantitative estimate of drug-likeness (QED) is 0.452. The zero-order valence-corrected chi connectivity index (χ0v) is 18.3. The molecule has 2 aromatic rings. The summed E-state index contributed by atoms with van der Waals surface area (Å²) in [5.74, 6) is -0.865. The second-order valence-electron chi connectivity index (χ2n) is 8.02. The summed E-state index contributed by atoms with van der Waals surface area (Å²) in [6.45, 7) is 1.50. The number of hydrogen-bond donors (Lipinski definition) is 0. The summed E-state index contributed by atoms with van der Waals surface area (Å²) < 4.78 is 10.6. The summed E-state index contributed by atoms with van der Waals surface area (Å²) >= 11 is 0. The van der Waals surface area contributed by atoms with Gasteiger partial charge in [-0.25, -0.2) is 9.59 Å². The molecule has 0 saturated carbocycles. The molecular weight excluding hydrogens is 424 g/mol. The lowest BCUT2D eigenvalue weighted by atomic mass is 10.2. The van der Waals surface area contributed by atoms with E-state index in [1.54, 1.807) is 58.3 Å². The molecule has 8 nitrogen and oxygen atoms in total. The molecule has 2 aliphatic heterocycles. The number of ether oxygens (including phenoxy) is 2. The van der Waals surface area contributed by atoms with E-state index in [9.17, 15) is 19.2 Å². The van der Waals surface area contributed by atoms with Gasteiger partial charge in [-0.05, 0) is 49.2 Å². The predicted octanol–water partition coefficient (Wildman–Crippen LogP) is 3.34. The van der Waals surface area contributed by atoms with Crippen LogP contribution in [0.2, 0.25) is 0 Å². The molecule has 0 spiro atoms. The minimum atomic E-state index is -0.488. The van der Waals surface area contributed by atoms with Crippen LogP contribution in [0.4, 0.5) is 11.4 Å². The maximum absolute atomic E-state index is 12.3. The minimum absolute atomic E-state index is 0.0555. The summed E-state index contributed by atoms with van der Waals surface area (Å²) in [6.07, 6.45) is 3.02. The first-order valence-corrected chi connectivity index (χ1v) is 11.2. The normalized spacial score (nSPS) is 15.8. The second-order valence-corrected chi connectivity index (χ2v) is 8.02. The molecule has 0 aliphatic carbocycles. The van der Waals surface area contributed by atoms with Crippen molar-refractivity contribution in [1.29, 1.82) is 0 Å². The van der Waals surface area contributed by atoms with Crippen molar-refractivity contribution in [2.75, 3.05) is 36.1 Å². The van der Waals surface area contributed by atoms with Gasteiger partial charge in [0.15, 0.2) is 0 Å². The highest BCUT2D eigenvalue weighted by molar-refractivity contribution is 5.98. The van der Waals surface area contributed by atoms with Crippen LogP contribution in [0.3, 0.4) is 0 Å². The predicted molar refractivity (Wildman–Crippen MR) is 121 cm³/mol. The first-order valence-electron chi connectivity index (χ1n) is 11.2. The zero-order chi connectivity index (χ0) is 23.2. The Morgan fingerprint density at radius 3 is 1.58 bits per heavy atom. The number of benzene rings is 2. The molecule has 0 radical (unpaired) electrons. The maximum atomic E-state index is 12.3. The number of hydrogen-bond acceptors (Lipinski definition) is 6. The SMILES string of the molecule is O=C(OCCCOC(=O)c1cccc(N2CCCC2=O)c1)c1cccc(N2CCCC2=O)c1. The van der Waals surface area contributed by atoms with Gasteiger partial charge in [0.05, 0.1) is 24.3 Å². The Morgan fingerprint density at radius 2 is 1.18 bits per heavy atom. The molecule has 0 unspecified atom stereocenters. The van der Waals surface area contributed by atoms with Crippen molar-refractivity contribution >= 4 is 35.1 Å². The van der Waals surface area contributed by atoms with Crippen molar-refractivity contribution in [3.63, 3.8) is 0 Å². The lowest BCUT2D eigenvalue weighted by molar-refractivity contribution is -0.117. The highest BCUT2D eigenvalue weighted by atomic mass is 16.5. The second kappa shape index (κ2) is 10.3. The van der Waals surface area contributed by atoms with Crippen LogP contribution in [-0.2, 0) is 19.1 Å². The van der Waals surface area contributed by atoms with E-state index in [2.05, 4.69) is 0 Å². The molecule has 2 heterocycles. The van der Waals surface area contributed by atoms with Crippen molar-refractivity contribution in [2.45, 2.75) is 32.1 Å². The largest absolute Gasteiger partial charge is 0.462 e. The van der Waals surface area contributed by atoms with Crippen molar-refractivity contribution in [1.82, 2.24) is 0 Å². The van der Waals surface area contributed by atoms with E-state index in [0.717, 1.165) is 12.8 Å². The van der Waals surface area contributed by atoms with Gasteiger partial charge in [-0.15, -0.1) is 0 Å². The molecule has 4 rings (SSSR count). The molecule has 0 aromatic heterocycles. The van der Waals surface area contributed by atoms with E-state index in [1.807, 2.05) is 0 Å². The minimum Gasteiger partial charge on any atom is -0.462 e. The fourth-order valence-corrected chi connectivity index (χ4v) is 4.00.